The van der Waals surface area contributed by atoms with Gasteiger partial charge < -0.3 is 44.3 Å². The minimum Gasteiger partial charge on any atom is -0.497 e. The van der Waals surface area contributed by atoms with Crippen molar-refractivity contribution in [2.75, 3.05) is 57.9 Å². The quantitative estimate of drug-likeness (QED) is 0.248. The summed E-state index contributed by atoms with van der Waals surface area (Å²) in [5.74, 6) is 2.04. The number of likely N-dealkylation sites (N-methyl/N-ethyl adjacent to an activating group) is 1. The van der Waals surface area contributed by atoms with Gasteiger partial charge in [-0.15, -0.1) is 0 Å². The molecule has 0 spiro atoms. The van der Waals surface area contributed by atoms with Gasteiger partial charge in [0.05, 0.1) is 37.5 Å². The molecule has 4 atom stereocenters. The summed E-state index contributed by atoms with van der Waals surface area (Å²) in [7, 11) is 3.72. The molecule has 0 saturated carbocycles. The smallest absolute Gasteiger partial charge is 0.323 e. The van der Waals surface area contributed by atoms with Crippen LogP contribution in [0.25, 0.3) is 0 Å². The molecule has 5 rings (SSSR count). The topological polar surface area (TPSA) is 131 Å². The minimum atomic E-state index is -0.487. The molecule has 3 N–H and O–H groups in total. The van der Waals surface area contributed by atoms with Crippen molar-refractivity contribution in [2.24, 2.45) is 5.92 Å². The monoisotopic (exact) mass is 690 g/mol. The molecule has 2 aliphatic rings. The molecule has 50 heavy (non-hydrogen) atoms. The van der Waals surface area contributed by atoms with Crippen LogP contribution in [0, 0.1) is 5.92 Å². The fourth-order valence-corrected chi connectivity index (χ4v) is 6.15. The highest BCUT2D eigenvalue weighted by molar-refractivity contribution is 6.02. The zero-order valence-corrected chi connectivity index (χ0v) is 29.6. The lowest BCUT2D eigenvalue weighted by Crippen LogP contribution is -2.47. The van der Waals surface area contributed by atoms with Crippen molar-refractivity contribution in [2.45, 2.75) is 64.8 Å². The average Bonchev–Trinajstić information content (AvgIpc) is 3.58. The average molecular weight is 691 g/mol. The molecule has 2 aliphatic heterocycles. The molecule has 0 bridgehead atoms. The van der Waals surface area contributed by atoms with Gasteiger partial charge in [-0.25, -0.2) is 4.79 Å². The van der Waals surface area contributed by atoms with E-state index in [9.17, 15) is 14.7 Å². The number of carbonyl (C=O) groups excluding carboxylic acids is 2. The first-order chi connectivity index (χ1) is 24.1. The van der Waals surface area contributed by atoms with Gasteiger partial charge in [0.25, 0.3) is 5.91 Å². The van der Waals surface area contributed by atoms with Crippen LogP contribution in [0.4, 0.5) is 16.2 Å². The van der Waals surface area contributed by atoms with Crippen LogP contribution in [0.15, 0.2) is 60.7 Å². The SMILES string of the molecule is COc1ccc(CN(C)C[C@H]2OCCCC[C@@H](C)Oc3ccc(NC(=O)Nc4ccc5c(c4)OCO5)cc3C(=O)N([C@H](C)CO)C[C@H]2C)cc1. The Morgan fingerprint density at radius 3 is 2.42 bits per heavy atom. The standard InChI is InChI=1S/C38H50N4O8/c1-25-20-42(26(2)23-43)37(44)32-18-29(39-38(45)40-30-12-16-34-35(19-30)49-24-48-34)11-15-33(32)50-27(3)8-6-7-17-47-36(25)22-41(4)21-28-9-13-31(46-5)14-10-28/h9-16,18-19,25-27,36,43H,6-8,17,20-24H2,1-5H3,(H2,39,40,45)/t25-,26-,27-,36-/m1/s1. The number of nitrogens with zero attached hydrogens (tertiary/aromatic N) is 2. The van der Waals surface area contributed by atoms with Gasteiger partial charge in [0.15, 0.2) is 11.5 Å². The lowest BCUT2D eigenvalue weighted by Gasteiger charge is -2.36. The Balaban J connectivity index is 1.35. The lowest BCUT2D eigenvalue weighted by atomic mass is 10.0. The third kappa shape index (κ3) is 9.80. The number of anilines is 2. The summed E-state index contributed by atoms with van der Waals surface area (Å²) in [4.78, 5) is 31.4. The summed E-state index contributed by atoms with van der Waals surface area (Å²) < 4.78 is 28.9. The maximum Gasteiger partial charge on any atom is 0.323 e. The number of methoxy groups -OCH3 is 1. The number of nitrogens with one attached hydrogen (secondary N) is 2. The number of aliphatic hydroxyl groups is 1. The van der Waals surface area contributed by atoms with Crippen LogP contribution >= 0.6 is 0 Å². The van der Waals surface area contributed by atoms with E-state index in [0.29, 0.717) is 53.9 Å². The van der Waals surface area contributed by atoms with E-state index >= 15 is 0 Å². The summed E-state index contributed by atoms with van der Waals surface area (Å²) in [5.41, 5.74) is 2.41. The Labute approximate surface area is 294 Å². The Hall–Kier alpha value is -4.52. The number of aliphatic hydroxyl groups excluding tert-OH is 1. The summed E-state index contributed by atoms with van der Waals surface area (Å²) >= 11 is 0. The van der Waals surface area contributed by atoms with Gasteiger partial charge in [0.2, 0.25) is 6.79 Å². The van der Waals surface area contributed by atoms with Crippen molar-refractivity contribution in [3.8, 4) is 23.0 Å². The van der Waals surface area contributed by atoms with Gasteiger partial charge in [-0.1, -0.05) is 19.1 Å². The van der Waals surface area contributed by atoms with E-state index in [0.717, 1.165) is 37.1 Å². The largest absolute Gasteiger partial charge is 0.497 e. The Morgan fingerprint density at radius 2 is 1.70 bits per heavy atom. The van der Waals surface area contributed by atoms with Crippen LogP contribution in [0.3, 0.4) is 0 Å². The van der Waals surface area contributed by atoms with Crippen molar-refractivity contribution in [3.63, 3.8) is 0 Å². The summed E-state index contributed by atoms with van der Waals surface area (Å²) in [6, 6.07) is 17.3. The second kappa shape index (κ2) is 17.4. The fourth-order valence-electron chi connectivity index (χ4n) is 6.15. The van der Waals surface area contributed by atoms with Crippen LogP contribution < -0.4 is 29.6 Å². The van der Waals surface area contributed by atoms with E-state index in [2.05, 4.69) is 41.6 Å². The van der Waals surface area contributed by atoms with Crippen LogP contribution in [-0.2, 0) is 11.3 Å². The number of fused-ring (bicyclic) bond motifs is 2. The number of ether oxygens (including phenoxy) is 5. The predicted octanol–water partition coefficient (Wildman–Crippen LogP) is 6.00. The number of hydrogen-bond acceptors (Lipinski definition) is 9. The number of amides is 3. The van der Waals surface area contributed by atoms with Gasteiger partial charge in [-0.3, -0.25) is 9.69 Å². The maximum absolute atomic E-state index is 14.4. The molecule has 0 radical (unpaired) electrons. The summed E-state index contributed by atoms with van der Waals surface area (Å²) in [5, 5.41) is 15.9. The van der Waals surface area contributed by atoms with Crippen molar-refractivity contribution in [1.29, 1.82) is 0 Å². The molecule has 2 heterocycles. The molecule has 3 aromatic rings. The molecule has 0 aliphatic carbocycles. The number of rotatable bonds is 9. The Morgan fingerprint density at radius 1 is 1.00 bits per heavy atom. The van der Waals surface area contributed by atoms with E-state index in [1.807, 2.05) is 26.0 Å². The van der Waals surface area contributed by atoms with Crippen LogP contribution in [0.2, 0.25) is 0 Å². The van der Waals surface area contributed by atoms with E-state index in [4.69, 9.17) is 23.7 Å². The van der Waals surface area contributed by atoms with E-state index in [-0.39, 0.29) is 37.4 Å². The first-order valence-corrected chi connectivity index (χ1v) is 17.3. The zero-order valence-electron chi connectivity index (χ0n) is 29.6. The molecule has 0 aromatic heterocycles. The van der Waals surface area contributed by atoms with Gasteiger partial charge in [0.1, 0.15) is 11.5 Å². The summed E-state index contributed by atoms with van der Waals surface area (Å²) in [6.07, 6.45) is 2.24. The lowest BCUT2D eigenvalue weighted by molar-refractivity contribution is -0.0177. The predicted molar refractivity (Wildman–Crippen MR) is 191 cm³/mol. The summed E-state index contributed by atoms with van der Waals surface area (Å²) in [6.45, 7) is 8.14. The third-order valence-corrected chi connectivity index (χ3v) is 9.04. The molecule has 0 fully saturated rings. The maximum atomic E-state index is 14.4. The highest BCUT2D eigenvalue weighted by Gasteiger charge is 2.30. The fraction of sp³-hybridized carbons (Fsp3) is 0.474. The third-order valence-electron chi connectivity index (χ3n) is 9.04. The van der Waals surface area contributed by atoms with Crippen molar-refractivity contribution < 1.29 is 38.4 Å². The molecule has 3 aromatic carbocycles. The zero-order chi connectivity index (χ0) is 35.6. The Kier molecular flexibility index (Phi) is 12.8. The van der Waals surface area contributed by atoms with E-state index < -0.39 is 12.1 Å². The van der Waals surface area contributed by atoms with Gasteiger partial charge in [-0.2, -0.15) is 0 Å². The molecule has 12 nitrogen and oxygen atoms in total. The molecular formula is C38H50N4O8. The Bertz CT molecular complexity index is 1590. The first-order valence-electron chi connectivity index (χ1n) is 17.3. The van der Waals surface area contributed by atoms with E-state index in [1.54, 1.807) is 48.4 Å². The van der Waals surface area contributed by atoms with Gasteiger partial charge in [0, 0.05) is 49.6 Å². The molecule has 270 valence electrons. The van der Waals surface area contributed by atoms with Crippen LogP contribution in [0.1, 0.15) is 56.0 Å². The molecule has 0 unspecified atom stereocenters. The van der Waals surface area contributed by atoms with Crippen molar-refractivity contribution in [1.82, 2.24) is 9.80 Å². The molecule has 3 amide bonds. The second-order valence-corrected chi connectivity index (χ2v) is 13.2. The number of urea groups is 1. The number of carbonyl (C=O) groups is 2. The van der Waals surface area contributed by atoms with E-state index in [1.165, 1.54) is 0 Å². The van der Waals surface area contributed by atoms with Gasteiger partial charge in [-0.05, 0) is 88.2 Å². The highest BCUT2D eigenvalue weighted by atomic mass is 16.7. The van der Waals surface area contributed by atoms with Crippen molar-refractivity contribution >= 4 is 23.3 Å². The molecule has 0 saturated heterocycles. The van der Waals surface area contributed by atoms with Crippen molar-refractivity contribution in [3.05, 3.63) is 71.8 Å². The number of hydrogen-bond donors (Lipinski definition) is 3. The van der Waals surface area contributed by atoms with Crippen LogP contribution in [-0.4, -0.2) is 92.3 Å². The minimum absolute atomic E-state index is 0.0636. The first kappa shape index (κ1) is 36.8. The second-order valence-electron chi connectivity index (χ2n) is 13.2. The van der Waals surface area contributed by atoms with Gasteiger partial charge >= 0.3 is 6.03 Å². The molecular weight excluding hydrogens is 640 g/mol. The number of benzene rings is 3. The molecule has 12 heteroatoms. The highest BCUT2D eigenvalue weighted by Crippen LogP contribution is 2.34. The van der Waals surface area contributed by atoms with Crippen LogP contribution in [0.5, 0.6) is 23.0 Å². The normalized spacial score (nSPS) is 20.3.